The van der Waals surface area contributed by atoms with Crippen molar-refractivity contribution in [3.05, 3.63) is 22.9 Å². The van der Waals surface area contributed by atoms with Gasteiger partial charge in [0.05, 0.1) is 7.11 Å². The van der Waals surface area contributed by atoms with E-state index in [1.54, 1.807) is 0 Å². The van der Waals surface area contributed by atoms with Gasteiger partial charge in [0.15, 0.2) is 0 Å². The highest BCUT2D eigenvalue weighted by atomic mass is 79.9. The highest BCUT2D eigenvalue weighted by Crippen LogP contribution is 2.11. The topological polar surface area (TPSA) is 38.7 Å². The lowest BCUT2D eigenvalue weighted by atomic mass is 10.2. The molecule has 90 valence electrons. The monoisotopic (exact) mass is 287 g/mol. The minimum Gasteiger partial charge on any atom is -0.464 e. The molecule has 0 bridgehead atoms. The number of hydrogen-bond acceptors (Lipinski definition) is 3. The molecular formula is C12H18BrNO2. The van der Waals surface area contributed by atoms with Crippen molar-refractivity contribution in [2.24, 2.45) is 4.99 Å². The van der Waals surface area contributed by atoms with Crippen LogP contribution in [-0.4, -0.2) is 17.7 Å². The molecule has 0 aliphatic rings. The second kappa shape index (κ2) is 7.39. The predicted octanol–water partition coefficient (Wildman–Crippen LogP) is 3.60. The van der Waals surface area contributed by atoms with Crippen LogP contribution in [-0.2, 0) is 9.53 Å². The quantitative estimate of drug-likeness (QED) is 0.450. The van der Waals surface area contributed by atoms with Gasteiger partial charge in [-0.3, -0.25) is 0 Å². The van der Waals surface area contributed by atoms with Crippen molar-refractivity contribution in [3.8, 4) is 0 Å². The lowest BCUT2D eigenvalue weighted by molar-refractivity contribution is -0.136. The lowest BCUT2D eigenvalue weighted by Crippen LogP contribution is -2.05. The van der Waals surface area contributed by atoms with Crippen LogP contribution in [0.3, 0.4) is 0 Å². The van der Waals surface area contributed by atoms with Crippen molar-refractivity contribution in [2.45, 2.75) is 34.1 Å². The zero-order chi connectivity index (χ0) is 12.7. The second-order valence-electron chi connectivity index (χ2n) is 3.62. The SMILES string of the molecule is CC/C(C)=C/C(Br)=NC(C(=O)OC)=C(C)C. The molecule has 0 amide bonds. The molecule has 0 unspecified atom stereocenters. The molecular weight excluding hydrogens is 270 g/mol. The molecule has 0 fully saturated rings. The Morgan fingerprint density at radius 3 is 2.31 bits per heavy atom. The molecule has 0 rings (SSSR count). The molecule has 0 saturated carbocycles. The number of carbonyl (C=O) groups is 1. The maximum Gasteiger partial charge on any atom is 0.356 e. The highest BCUT2D eigenvalue weighted by molar-refractivity contribution is 9.18. The summed E-state index contributed by atoms with van der Waals surface area (Å²) >= 11 is 3.32. The molecule has 0 radical (unpaired) electrons. The minimum absolute atomic E-state index is 0.342. The molecule has 16 heavy (non-hydrogen) atoms. The van der Waals surface area contributed by atoms with Gasteiger partial charge in [-0.1, -0.05) is 12.5 Å². The van der Waals surface area contributed by atoms with E-state index in [0.29, 0.717) is 10.3 Å². The van der Waals surface area contributed by atoms with Crippen LogP contribution in [0, 0.1) is 0 Å². The summed E-state index contributed by atoms with van der Waals surface area (Å²) in [5.74, 6) is -0.417. The first kappa shape index (κ1) is 15.1. The fourth-order valence-corrected chi connectivity index (χ4v) is 1.47. The molecule has 0 aromatic heterocycles. The molecule has 0 aliphatic heterocycles. The summed E-state index contributed by atoms with van der Waals surface area (Å²) in [5, 5.41) is 0. The minimum atomic E-state index is -0.417. The molecule has 0 N–H and O–H groups in total. The van der Waals surface area contributed by atoms with E-state index in [2.05, 4.69) is 32.6 Å². The van der Waals surface area contributed by atoms with Crippen LogP contribution in [0.2, 0.25) is 0 Å². The molecule has 0 heterocycles. The first-order valence-corrected chi connectivity index (χ1v) is 5.88. The fraction of sp³-hybridized carbons (Fsp3) is 0.500. The van der Waals surface area contributed by atoms with Gasteiger partial charge >= 0.3 is 5.97 Å². The molecule has 0 aromatic carbocycles. The van der Waals surface area contributed by atoms with E-state index in [9.17, 15) is 4.79 Å². The number of halogens is 1. The van der Waals surface area contributed by atoms with E-state index in [4.69, 9.17) is 0 Å². The Morgan fingerprint density at radius 2 is 1.94 bits per heavy atom. The standard InChI is InChI=1S/C12H18BrNO2/c1-6-9(4)7-10(13)14-11(8(2)3)12(15)16-5/h7H,6H2,1-5H3/b9-7+,14-10?. The van der Waals surface area contributed by atoms with Crippen molar-refractivity contribution in [1.82, 2.24) is 0 Å². The molecule has 3 nitrogen and oxygen atoms in total. The summed E-state index contributed by atoms with van der Waals surface area (Å²) in [7, 11) is 1.35. The lowest BCUT2D eigenvalue weighted by Gasteiger charge is -2.02. The maximum atomic E-state index is 11.4. The Labute approximate surface area is 105 Å². The van der Waals surface area contributed by atoms with Crippen LogP contribution >= 0.6 is 15.9 Å². The Balaban J connectivity index is 5.11. The van der Waals surface area contributed by atoms with Gasteiger partial charge in [0.2, 0.25) is 0 Å². The zero-order valence-electron chi connectivity index (χ0n) is 10.4. The number of methoxy groups -OCH3 is 1. The number of nitrogens with zero attached hydrogens (tertiary/aromatic N) is 1. The number of rotatable bonds is 4. The Morgan fingerprint density at radius 1 is 1.38 bits per heavy atom. The number of aliphatic imine (C=N–C) groups is 1. The van der Waals surface area contributed by atoms with Gasteiger partial charge in [0.25, 0.3) is 0 Å². The third-order valence-corrected chi connectivity index (χ3v) is 2.40. The summed E-state index contributed by atoms with van der Waals surface area (Å²) < 4.78 is 5.29. The first-order valence-electron chi connectivity index (χ1n) is 5.09. The van der Waals surface area contributed by atoms with Crippen LogP contribution in [0.1, 0.15) is 34.1 Å². The van der Waals surface area contributed by atoms with Crippen LogP contribution in [0.25, 0.3) is 0 Å². The van der Waals surface area contributed by atoms with E-state index in [-0.39, 0.29) is 0 Å². The molecule has 0 atom stereocenters. The smallest absolute Gasteiger partial charge is 0.356 e. The summed E-state index contributed by atoms with van der Waals surface area (Å²) in [6, 6.07) is 0. The largest absolute Gasteiger partial charge is 0.464 e. The van der Waals surface area contributed by atoms with Crippen molar-refractivity contribution >= 4 is 26.5 Å². The zero-order valence-corrected chi connectivity index (χ0v) is 12.0. The maximum absolute atomic E-state index is 11.4. The molecule has 0 saturated heterocycles. The Hall–Kier alpha value is -0.900. The third-order valence-electron chi connectivity index (χ3n) is 1.99. The molecule has 0 aromatic rings. The number of hydrogen-bond donors (Lipinski definition) is 0. The van der Waals surface area contributed by atoms with Gasteiger partial charge < -0.3 is 4.74 Å². The second-order valence-corrected chi connectivity index (χ2v) is 4.43. The third kappa shape index (κ3) is 5.26. The van der Waals surface area contributed by atoms with E-state index >= 15 is 0 Å². The van der Waals surface area contributed by atoms with Crippen molar-refractivity contribution in [1.29, 1.82) is 0 Å². The van der Waals surface area contributed by atoms with Crippen molar-refractivity contribution in [2.75, 3.05) is 7.11 Å². The first-order chi connectivity index (χ1) is 7.42. The van der Waals surface area contributed by atoms with Gasteiger partial charge in [-0.05, 0) is 54.8 Å². The van der Waals surface area contributed by atoms with Crippen LogP contribution in [0.15, 0.2) is 27.9 Å². The number of carbonyl (C=O) groups excluding carboxylic acids is 1. The van der Waals surface area contributed by atoms with Gasteiger partial charge in [-0.25, -0.2) is 9.79 Å². The van der Waals surface area contributed by atoms with Gasteiger partial charge in [0, 0.05) is 0 Å². The van der Waals surface area contributed by atoms with E-state index in [0.717, 1.165) is 12.0 Å². The van der Waals surface area contributed by atoms with Crippen molar-refractivity contribution < 1.29 is 9.53 Å². The van der Waals surface area contributed by atoms with Crippen molar-refractivity contribution in [3.63, 3.8) is 0 Å². The Kier molecular flexibility index (Phi) is 6.97. The number of ether oxygens (including phenoxy) is 1. The average molecular weight is 288 g/mol. The molecule has 0 spiro atoms. The normalized spacial score (nSPS) is 12.4. The fourth-order valence-electron chi connectivity index (χ4n) is 0.903. The van der Waals surface area contributed by atoms with Crippen LogP contribution in [0.5, 0.6) is 0 Å². The highest BCUT2D eigenvalue weighted by Gasteiger charge is 2.10. The number of allylic oxidation sites excluding steroid dienone is 3. The Bertz CT molecular complexity index is 350. The van der Waals surface area contributed by atoms with E-state index in [1.165, 1.54) is 12.7 Å². The summed E-state index contributed by atoms with van der Waals surface area (Å²) in [4.78, 5) is 15.6. The predicted molar refractivity (Wildman–Crippen MR) is 70.8 cm³/mol. The van der Waals surface area contributed by atoms with E-state index < -0.39 is 5.97 Å². The van der Waals surface area contributed by atoms with Gasteiger partial charge in [-0.2, -0.15) is 0 Å². The van der Waals surface area contributed by atoms with Gasteiger partial charge in [-0.15, -0.1) is 0 Å². The average Bonchev–Trinajstić information content (AvgIpc) is 2.24. The number of esters is 1. The summed E-state index contributed by atoms with van der Waals surface area (Å²) in [6.07, 6.45) is 2.85. The molecule has 4 heteroatoms. The van der Waals surface area contributed by atoms with E-state index in [1.807, 2.05) is 26.8 Å². The van der Waals surface area contributed by atoms with Crippen LogP contribution < -0.4 is 0 Å². The van der Waals surface area contributed by atoms with Gasteiger partial charge in [0.1, 0.15) is 10.3 Å². The molecule has 0 aliphatic carbocycles. The summed E-state index contributed by atoms with van der Waals surface area (Å²) in [5.41, 5.74) is 2.36. The van der Waals surface area contributed by atoms with Crippen LogP contribution in [0.4, 0.5) is 0 Å². The summed E-state index contributed by atoms with van der Waals surface area (Å²) in [6.45, 7) is 7.73.